The minimum absolute atomic E-state index is 0.227. The number of nitrogens with zero attached hydrogens (tertiary/aromatic N) is 1. The van der Waals surface area contributed by atoms with E-state index in [1.54, 1.807) is 7.11 Å². The van der Waals surface area contributed by atoms with Gasteiger partial charge in [-0.15, -0.1) is 0 Å². The van der Waals surface area contributed by atoms with Crippen molar-refractivity contribution in [2.45, 2.75) is 19.8 Å². The summed E-state index contributed by atoms with van der Waals surface area (Å²) in [6.07, 6.45) is 1.27. The zero-order valence-corrected chi connectivity index (χ0v) is 12.9. The molecule has 1 saturated heterocycles. The maximum Gasteiger partial charge on any atom is 0.222 e. The van der Waals surface area contributed by atoms with E-state index in [0.717, 1.165) is 49.7 Å². The van der Waals surface area contributed by atoms with Gasteiger partial charge in [0.1, 0.15) is 0 Å². The molecule has 0 aliphatic carbocycles. The quantitative estimate of drug-likeness (QED) is 0.862. The average Bonchev–Trinajstić information content (AvgIpc) is 2.54. The van der Waals surface area contributed by atoms with E-state index in [4.69, 9.17) is 9.47 Å². The van der Waals surface area contributed by atoms with Gasteiger partial charge in [-0.3, -0.25) is 4.79 Å². The van der Waals surface area contributed by atoms with E-state index in [9.17, 15) is 4.79 Å². The fourth-order valence-corrected chi connectivity index (χ4v) is 2.47. The van der Waals surface area contributed by atoms with Gasteiger partial charge in [0.05, 0.1) is 13.7 Å². The fraction of sp³-hybridized carbons (Fsp3) is 0.562. The summed E-state index contributed by atoms with van der Waals surface area (Å²) >= 11 is 0. The molecular formula is C16H24N2O3. The SMILES string of the molecule is CCOc1cc(CCC(=O)N2CCNCC2)ccc1OC. The standard InChI is InChI=1S/C16H24N2O3/c1-3-21-15-12-13(4-6-14(15)20-2)5-7-16(19)18-10-8-17-9-11-18/h4,6,12,17H,3,5,7-11H2,1-2H3. The molecule has 1 fully saturated rings. The molecule has 0 spiro atoms. The number of rotatable bonds is 6. The van der Waals surface area contributed by atoms with Crippen molar-refractivity contribution in [3.63, 3.8) is 0 Å². The van der Waals surface area contributed by atoms with Crippen molar-refractivity contribution < 1.29 is 14.3 Å². The molecule has 2 rings (SSSR count). The van der Waals surface area contributed by atoms with Crippen LogP contribution < -0.4 is 14.8 Å². The summed E-state index contributed by atoms with van der Waals surface area (Å²) in [7, 11) is 1.63. The van der Waals surface area contributed by atoms with E-state index in [2.05, 4.69) is 5.32 Å². The van der Waals surface area contributed by atoms with Crippen LogP contribution in [0.25, 0.3) is 0 Å². The summed E-state index contributed by atoms with van der Waals surface area (Å²) in [5, 5.41) is 3.25. The van der Waals surface area contributed by atoms with Crippen molar-refractivity contribution in [1.82, 2.24) is 10.2 Å². The molecule has 5 nitrogen and oxygen atoms in total. The normalized spacial score (nSPS) is 14.9. The van der Waals surface area contributed by atoms with Crippen LogP contribution in [0.4, 0.5) is 0 Å². The third-order valence-electron chi connectivity index (χ3n) is 3.63. The first kappa shape index (κ1) is 15.6. The van der Waals surface area contributed by atoms with Crippen molar-refractivity contribution in [2.24, 2.45) is 0 Å². The summed E-state index contributed by atoms with van der Waals surface area (Å²) in [5.74, 6) is 1.70. The first-order valence-electron chi connectivity index (χ1n) is 7.52. The van der Waals surface area contributed by atoms with Gasteiger partial charge in [-0.1, -0.05) is 6.07 Å². The Hall–Kier alpha value is -1.75. The summed E-state index contributed by atoms with van der Waals surface area (Å²) < 4.78 is 10.8. The molecule has 0 aromatic heterocycles. The molecule has 1 aliphatic heterocycles. The van der Waals surface area contributed by atoms with Crippen LogP contribution >= 0.6 is 0 Å². The maximum absolute atomic E-state index is 12.1. The molecule has 1 aliphatic rings. The third-order valence-corrected chi connectivity index (χ3v) is 3.63. The van der Waals surface area contributed by atoms with Crippen molar-refractivity contribution in [1.29, 1.82) is 0 Å². The molecule has 116 valence electrons. The highest BCUT2D eigenvalue weighted by Crippen LogP contribution is 2.28. The lowest BCUT2D eigenvalue weighted by Gasteiger charge is -2.27. The smallest absolute Gasteiger partial charge is 0.222 e. The highest BCUT2D eigenvalue weighted by molar-refractivity contribution is 5.76. The van der Waals surface area contributed by atoms with Crippen LogP contribution in [-0.2, 0) is 11.2 Å². The number of hydrogen-bond donors (Lipinski definition) is 1. The number of benzene rings is 1. The average molecular weight is 292 g/mol. The molecule has 5 heteroatoms. The number of amides is 1. The van der Waals surface area contributed by atoms with E-state index < -0.39 is 0 Å². The molecular weight excluding hydrogens is 268 g/mol. The molecule has 0 atom stereocenters. The predicted molar refractivity (Wildman–Crippen MR) is 81.9 cm³/mol. The van der Waals surface area contributed by atoms with Crippen LogP contribution in [0.2, 0.25) is 0 Å². The monoisotopic (exact) mass is 292 g/mol. The minimum Gasteiger partial charge on any atom is -0.493 e. The van der Waals surface area contributed by atoms with E-state index in [0.29, 0.717) is 13.0 Å². The number of aryl methyl sites for hydroxylation is 1. The van der Waals surface area contributed by atoms with Crippen molar-refractivity contribution >= 4 is 5.91 Å². The minimum atomic E-state index is 0.227. The Kier molecular flexibility index (Phi) is 5.87. The van der Waals surface area contributed by atoms with E-state index in [-0.39, 0.29) is 5.91 Å². The van der Waals surface area contributed by atoms with Gasteiger partial charge >= 0.3 is 0 Å². The molecule has 0 unspecified atom stereocenters. The zero-order chi connectivity index (χ0) is 15.1. The summed E-state index contributed by atoms with van der Waals surface area (Å²) in [6, 6.07) is 5.86. The molecule has 1 heterocycles. The van der Waals surface area contributed by atoms with Crippen LogP contribution in [0, 0.1) is 0 Å². The molecule has 1 N–H and O–H groups in total. The Bertz CT molecular complexity index is 471. The zero-order valence-electron chi connectivity index (χ0n) is 12.9. The Labute approximate surface area is 126 Å². The van der Waals surface area contributed by atoms with Crippen molar-refractivity contribution in [2.75, 3.05) is 39.9 Å². The Morgan fingerprint density at radius 3 is 2.71 bits per heavy atom. The van der Waals surface area contributed by atoms with E-state index >= 15 is 0 Å². The van der Waals surface area contributed by atoms with Gasteiger partial charge in [-0.2, -0.15) is 0 Å². The van der Waals surface area contributed by atoms with Gasteiger partial charge in [0, 0.05) is 32.6 Å². The Balaban J connectivity index is 1.92. The van der Waals surface area contributed by atoms with Crippen LogP contribution in [0.5, 0.6) is 11.5 Å². The third kappa shape index (κ3) is 4.36. The van der Waals surface area contributed by atoms with Crippen molar-refractivity contribution in [3.05, 3.63) is 23.8 Å². The van der Waals surface area contributed by atoms with Gasteiger partial charge in [-0.25, -0.2) is 0 Å². The Morgan fingerprint density at radius 2 is 2.05 bits per heavy atom. The molecule has 1 amide bonds. The Morgan fingerprint density at radius 1 is 1.29 bits per heavy atom. The summed E-state index contributed by atoms with van der Waals surface area (Å²) in [6.45, 7) is 5.95. The van der Waals surface area contributed by atoms with Gasteiger partial charge in [0.15, 0.2) is 11.5 Å². The van der Waals surface area contributed by atoms with Gasteiger partial charge in [-0.05, 0) is 31.0 Å². The molecule has 0 bridgehead atoms. The second kappa shape index (κ2) is 7.88. The van der Waals surface area contributed by atoms with Crippen LogP contribution in [-0.4, -0.2) is 50.7 Å². The summed E-state index contributed by atoms with van der Waals surface area (Å²) in [4.78, 5) is 14.1. The number of nitrogens with one attached hydrogen (secondary N) is 1. The number of hydrogen-bond acceptors (Lipinski definition) is 4. The van der Waals surface area contributed by atoms with Gasteiger partial charge in [0.25, 0.3) is 0 Å². The fourth-order valence-electron chi connectivity index (χ4n) is 2.47. The highest BCUT2D eigenvalue weighted by atomic mass is 16.5. The van der Waals surface area contributed by atoms with Gasteiger partial charge < -0.3 is 19.7 Å². The molecule has 21 heavy (non-hydrogen) atoms. The van der Waals surface area contributed by atoms with Crippen LogP contribution in [0.1, 0.15) is 18.9 Å². The highest BCUT2D eigenvalue weighted by Gasteiger charge is 2.16. The topological polar surface area (TPSA) is 50.8 Å². The lowest BCUT2D eigenvalue weighted by atomic mass is 10.1. The van der Waals surface area contributed by atoms with Crippen molar-refractivity contribution in [3.8, 4) is 11.5 Å². The number of ether oxygens (including phenoxy) is 2. The molecule has 0 radical (unpaired) electrons. The number of piperazine rings is 1. The molecule has 1 aromatic rings. The van der Waals surface area contributed by atoms with Crippen LogP contribution in [0.3, 0.4) is 0 Å². The lowest BCUT2D eigenvalue weighted by molar-refractivity contribution is -0.131. The summed E-state index contributed by atoms with van der Waals surface area (Å²) in [5.41, 5.74) is 1.10. The second-order valence-corrected chi connectivity index (χ2v) is 5.05. The first-order valence-corrected chi connectivity index (χ1v) is 7.52. The first-order chi connectivity index (χ1) is 10.2. The van der Waals surface area contributed by atoms with E-state index in [1.165, 1.54) is 0 Å². The lowest BCUT2D eigenvalue weighted by Crippen LogP contribution is -2.46. The van der Waals surface area contributed by atoms with Crippen LogP contribution in [0.15, 0.2) is 18.2 Å². The molecule has 1 aromatic carbocycles. The number of carbonyl (C=O) groups excluding carboxylic acids is 1. The number of carbonyl (C=O) groups is 1. The van der Waals surface area contributed by atoms with Gasteiger partial charge in [0.2, 0.25) is 5.91 Å². The second-order valence-electron chi connectivity index (χ2n) is 5.05. The predicted octanol–water partition coefficient (Wildman–Crippen LogP) is 1.46. The maximum atomic E-state index is 12.1. The largest absolute Gasteiger partial charge is 0.493 e. The number of methoxy groups -OCH3 is 1. The van der Waals surface area contributed by atoms with E-state index in [1.807, 2.05) is 30.0 Å². The molecule has 0 saturated carbocycles.